The molecule has 7 heteroatoms. The molecule has 0 bridgehead atoms. The summed E-state index contributed by atoms with van der Waals surface area (Å²) in [4.78, 5) is 12.1. The molecule has 2 rings (SSSR count). The summed E-state index contributed by atoms with van der Waals surface area (Å²) in [5.74, 6) is -0.460. The number of furan rings is 1. The lowest BCUT2D eigenvalue weighted by Gasteiger charge is -2.25. The average molecular weight is 400 g/mol. The Bertz CT molecular complexity index is 824. The van der Waals surface area contributed by atoms with Crippen LogP contribution in [0, 0.1) is 0 Å². The SMILES string of the molecule is CC(C)(CNC(=O)c1ccc(S(C)(=O)=O)o1)c1cccc(Br)c1. The molecule has 1 N–H and O–H groups in total. The first-order chi connectivity index (χ1) is 10.6. The van der Waals surface area contributed by atoms with Crippen molar-refractivity contribution in [1.82, 2.24) is 5.32 Å². The minimum Gasteiger partial charge on any atom is -0.440 e. The van der Waals surface area contributed by atoms with Crippen LogP contribution in [0.5, 0.6) is 0 Å². The smallest absolute Gasteiger partial charge is 0.287 e. The van der Waals surface area contributed by atoms with Crippen molar-refractivity contribution in [3.63, 3.8) is 0 Å². The van der Waals surface area contributed by atoms with Gasteiger partial charge in [0.15, 0.2) is 5.76 Å². The van der Waals surface area contributed by atoms with Crippen LogP contribution in [0.3, 0.4) is 0 Å². The van der Waals surface area contributed by atoms with Crippen LogP contribution >= 0.6 is 15.9 Å². The molecule has 0 radical (unpaired) electrons. The van der Waals surface area contributed by atoms with Gasteiger partial charge in [-0.15, -0.1) is 0 Å². The second-order valence-electron chi connectivity index (χ2n) is 5.97. The van der Waals surface area contributed by atoms with E-state index in [4.69, 9.17) is 4.42 Å². The van der Waals surface area contributed by atoms with Crippen LogP contribution in [0.2, 0.25) is 0 Å². The summed E-state index contributed by atoms with van der Waals surface area (Å²) in [5, 5.41) is 2.57. The van der Waals surface area contributed by atoms with Crippen molar-refractivity contribution >= 4 is 31.7 Å². The molecule has 0 saturated carbocycles. The van der Waals surface area contributed by atoms with Crippen LogP contribution in [0.1, 0.15) is 30.0 Å². The Labute approximate surface area is 144 Å². The maximum absolute atomic E-state index is 12.1. The largest absolute Gasteiger partial charge is 0.440 e. The zero-order chi connectivity index (χ0) is 17.3. The quantitative estimate of drug-likeness (QED) is 0.837. The number of nitrogens with one attached hydrogen (secondary N) is 1. The number of amides is 1. The molecule has 0 spiro atoms. The van der Waals surface area contributed by atoms with E-state index >= 15 is 0 Å². The van der Waals surface area contributed by atoms with Gasteiger partial charge in [-0.2, -0.15) is 0 Å². The second-order valence-corrected chi connectivity index (χ2v) is 8.83. The van der Waals surface area contributed by atoms with Gasteiger partial charge in [0.25, 0.3) is 5.91 Å². The first kappa shape index (κ1) is 17.7. The Balaban J connectivity index is 2.08. The van der Waals surface area contributed by atoms with E-state index in [1.165, 1.54) is 12.1 Å². The molecule has 23 heavy (non-hydrogen) atoms. The maximum atomic E-state index is 12.1. The molecule has 1 heterocycles. The van der Waals surface area contributed by atoms with Crippen LogP contribution in [0.15, 0.2) is 50.4 Å². The van der Waals surface area contributed by atoms with Crippen molar-refractivity contribution in [1.29, 1.82) is 0 Å². The normalized spacial score (nSPS) is 12.2. The van der Waals surface area contributed by atoms with Crippen LogP contribution in [-0.2, 0) is 15.3 Å². The topological polar surface area (TPSA) is 76.4 Å². The van der Waals surface area contributed by atoms with Crippen LogP contribution < -0.4 is 5.32 Å². The summed E-state index contributed by atoms with van der Waals surface area (Å²) in [7, 11) is -3.46. The third-order valence-electron chi connectivity index (χ3n) is 3.47. The first-order valence-electron chi connectivity index (χ1n) is 6.94. The molecule has 1 amide bonds. The predicted molar refractivity (Wildman–Crippen MR) is 91.3 cm³/mol. The van der Waals surface area contributed by atoms with Gasteiger partial charge in [0, 0.05) is 22.7 Å². The molecule has 0 saturated heterocycles. The molecule has 0 atom stereocenters. The number of sulfone groups is 1. The Morgan fingerprint density at radius 2 is 1.96 bits per heavy atom. The van der Waals surface area contributed by atoms with E-state index in [9.17, 15) is 13.2 Å². The Kier molecular flexibility index (Phi) is 5.01. The molecule has 124 valence electrons. The summed E-state index contributed by atoms with van der Waals surface area (Å²) in [6.07, 6.45) is 1.03. The van der Waals surface area contributed by atoms with Crippen molar-refractivity contribution in [2.45, 2.75) is 24.4 Å². The number of hydrogen-bond acceptors (Lipinski definition) is 4. The first-order valence-corrected chi connectivity index (χ1v) is 9.62. The molecule has 0 aliphatic carbocycles. The van der Waals surface area contributed by atoms with Crippen LogP contribution in [0.4, 0.5) is 0 Å². The lowest BCUT2D eigenvalue weighted by molar-refractivity contribution is 0.0912. The second kappa shape index (κ2) is 6.49. The highest BCUT2D eigenvalue weighted by molar-refractivity contribution is 9.10. The lowest BCUT2D eigenvalue weighted by Crippen LogP contribution is -2.36. The van der Waals surface area contributed by atoms with Gasteiger partial charge in [-0.3, -0.25) is 4.79 Å². The summed E-state index contributed by atoms with van der Waals surface area (Å²) >= 11 is 3.43. The number of halogens is 1. The highest BCUT2D eigenvalue weighted by atomic mass is 79.9. The van der Waals surface area contributed by atoms with Gasteiger partial charge >= 0.3 is 0 Å². The van der Waals surface area contributed by atoms with Gasteiger partial charge in [0.1, 0.15) is 0 Å². The molecule has 0 aliphatic rings. The zero-order valence-corrected chi connectivity index (χ0v) is 15.5. The fraction of sp³-hybridized carbons (Fsp3) is 0.312. The zero-order valence-electron chi connectivity index (χ0n) is 13.1. The van der Waals surface area contributed by atoms with Crippen LogP contribution in [-0.4, -0.2) is 27.1 Å². The highest BCUT2D eigenvalue weighted by Crippen LogP contribution is 2.25. The number of rotatable bonds is 5. The Hall–Kier alpha value is -1.60. The Morgan fingerprint density at radius 3 is 2.52 bits per heavy atom. The van der Waals surface area contributed by atoms with E-state index < -0.39 is 15.7 Å². The van der Waals surface area contributed by atoms with E-state index in [2.05, 4.69) is 21.2 Å². The number of carbonyl (C=O) groups excluding carboxylic acids is 1. The number of hydrogen-bond donors (Lipinski definition) is 1. The number of carbonyl (C=O) groups is 1. The molecule has 0 fully saturated rings. The van der Waals surface area contributed by atoms with Crippen molar-refractivity contribution in [2.24, 2.45) is 0 Å². The van der Waals surface area contributed by atoms with E-state index in [-0.39, 0.29) is 16.3 Å². The molecular weight excluding hydrogens is 382 g/mol. The minimum absolute atomic E-state index is 0.0181. The van der Waals surface area contributed by atoms with Gasteiger partial charge in [0.2, 0.25) is 14.9 Å². The van der Waals surface area contributed by atoms with Crippen molar-refractivity contribution in [2.75, 3.05) is 12.8 Å². The van der Waals surface area contributed by atoms with E-state index in [0.29, 0.717) is 6.54 Å². The lowest BCUT2D eigenvalue weighted by atomic mass is 9.84. The summed E-state index contributed by atoms with van der Waals surface area (Å²) in [6, 6.07) is 10.5. The van der Waals surface area contributed by atoms with Crippen molar-refractivity contribution in [3.05, 3.63) is 52.2 Å². The molecule has 0 aliphatic heterocycles. The average Bonchev–Trinajstić information content (AvgIpc) is 2.95. The van der Waals surface area contributed by atoms with Crippen LogP contribution in [0.25, 0.3) is 0 Å². The van der Waals surface area contributed by atoms with Gasteiger partial charge in [-0.25, -0.2) is 8.42 Å². The standard InChI is InChI=1S/C16H18BrNO4S/c1-16(2,11-5-4-6-12(17)9-11)10-18-15(19)13-7-8-14(22-13)23(3,20)21/h4-9H,10H2,1-3H3,(H,18,19). The third-order valence-corrected chi connectivity index (χ3v) is 4.91. The minimum atomic E-state index is -3.46. The summed E-state index contributed by atoms with van der Waals surface area (Å²) in [6.45, 7) is 4.41. The van der Waals surface area contributed by atoms with Gasteiger partial charge < -0.3 is 9.73 Å². The Morgan fingerprint density at radius 1 is 1.26 bits per heavy atom. The monoisotopic (exact) mass is 399 g/mol. The molecule has 0 unspecified atom stereocenters. The van der Waals surface area contributed by atoms with Gasteiger partial charge in [-0.1, -0.05) is 41.9 Å². The molecule has 2 aromatic rings. The maximum Gasteiger partial charge on any atom is 0.287 e. The summed E-state index contributed by atoms with van der Waals surface area (Å²) < 4.78 is 28.8. The van der Waals surface area contributed by atoms with Crippen molar-refractivity contribution in [3.8, 4) is 0 Å². The summed E-state index contributed by atoms with van der Waals surface area (Å²) in [5.41, 5.74) is 0.787. The van der Waals surface area contributed by atoms with Gasteiger partial charge in [-0.05, 0) is 29.8 Å². The molecule has 5 nitrogen and oxygen atoms in total. The highest BCUT2D eigenvalue weighted by Gasteiger charge is 2.23. The molecular formula is C16H18BrNO4S. The molecule has 1 aromatic heterocycles. The van der Waals surface area contributed by atoms with E-state index in [1.54, 1.807) is 0 Å². The third kappa shape index (κ3) is 4.45. The van der Waals surface area contributed by atoms with Gasteiger partial charge in [0.05, 0.1) is 0 Å². The van der Waals surface area contributed by atoms with Crippen molar-refractivity contribution < 1.29 is 17.6 Å². The number of benzene rings is 1. The van der Waals surface area contributed by atoms with E-state index in [0.717, 1.165) is 16.3 Å². The molecule has 1 aromatic carbocycles. The van der Waals surface area contributed by atoms with E-state index in [1.807, 2.05) is 38.1 Å². The fourth-order valence-corrected chi connectivity index (χ4v) is 3.00. The fourth-order valence-electron chi connectivity index (χ4n) is 2.04. The predicted octanol–water partition coefficient (Wildman–Crippen LogP) is 3.15.